The molecule has 2 N–H and O–H groups in total. The van der Waals surface area contributed by atoms with Crippen molar-refractivity contribution in [3.8, 4) is 0 Å². The molecule has 0 aliphatic rings. The Labute approximate surface area is 112 Å². The second kappa shape index (κ2) is 5.69. The molecule has 4 nitrogen and oxygen atoms in total. The summed E-state index contributed by atoms with van der Waals surface area (Å²) in [5.74, 6) is 1.32. The van der Waals surface area contributed by atoms with E-state index >= 15 is 0 Å². The van der Waals surface area contributed by atoms with E-state index in [1.807, 2.05) is 19.1 Å². The van der Waals surface area contributed by atoms with Crippen LogP contribution in [0, 0.1) is 6.92 Å². The predicted molar refractivity (Wildman–Crippen MR) is 77.5 cm³/mol. The minimum Gasteiger partial charge on any atom is -0.363 e. The third-order valence-electron chi connectivity index (χ3n) is 3.14. The van der Waals surface area contributed by atoms with Crippen molar-refractivity contribution in [3.05, 3.63) is 57.6 Å². The normalized spacial score (nSPS) is 12.2. The average Bonchev–Trinajstić information content (AvgIpc) is 2.38. The van der Waals surface area contributed by atoms with Crippen LogP contribution in [0.5, 0.6) is 0 Å². The minimum atomic E-state index is -0.119. The highest BCUT2D eigenvalue weighted by atomic mass is 16.1. The molecule has 1 atom stereocenters. The van der Waals surface area contributed by atoms with Gasteiger partial charge in [0.2, 0.25) is 0 Å². The number of nitrogens with one attached hydrogen (secondary N) is 2. The maximum atomic E-state index is 11.5. The zero-order valence-electron chi connectivity index (χ0n) is 11.5. The zero-order valence-corrected chi connectivity index (χ0v) is 11.5. The molecule has 0 radical (unpaired) electrons. The molecule has 2 aromatic rings. The summed E-state index contributed by atoms with van der Waals surface area (Å²) >= 11 is 0. The van der Waals surface area contributed by atoms with Crippen LogP contribution in [0.4, 0.5) is 5.82 Å². The molecule has 2 rings (SSSR count). The molecule has 1 aromatic carbocycles. The van der Waals surface area contributed by atoms with Crippen LogP contribution in [-0.2, 0) is 6.42 Å². The van der Waals surface area contributed by atoms with Crippen molar-refractivity contribution >= 4 is 5.82 Å². The van der Waals surface area contributed by atoms with Gasteiger partial charge in [-0.25, -0.2) is 4.98 Å². The summed E-state index contributed by atoms with van der Waals surface area (Å²) in [5.41, 5.74) is 2.32. The molecule has 1 unspecified atom stereocenters. The molecule has 0 saturated carbocycles. The number of H-pyrrole nitrogens is 1. The quantitative estimate of drug-likeness (QED) is 0.885. The summed E-state index contributed by atoms with van der Waals surface area (Å²) < 4.78 is 0. The Morgan fingerprint density at radius 1 is 1.37 bits per heavy atom. The van der Waals surface area contributed by atoms with Crippen LogP contribution >= 0.6 is 0 Å². The monoisotopic (exact) mass is 257 g/mol. The van der Waals surface area contributed by atoms with Gasteiger partial charge in [0.1, 0.15) is 11.6 Å². The van der Waals surface area contributed by atoms with E-state index in [2.05, 4.69) is 41.3 Å². The van der Waals surface area contributed by atoms with Crippen LogP contribution in [0.1, 0.15) is 36.8 Å². The van der Waals surface area contributed by atoms with Crippen LogP contribution < -0.4 is 10.9 Å². The van der Waals surface area contributed by atoms with E-state index < -0.39 is 0 Å². The molecule has 0 amide bonds. The number of nitrogens with zero attached hydrogens (tertiary/aromatic N) is 1. The van der Waals surface area contributed by atoms with Gasteiger partial charge in [-0.15, -0.1) is 0 Å². The highest BCUT2D eigenvalue weighted by molar-refractivity contribution is 5.39. The van der Waals surface area contributed by atoms with Gasteiger partial charge in [-0.2, -0.15) is 0 Å². The van der Waals surface area contributed by atoms with Gasteiger partial charge in [-0.3, -0.25) is 4.79 Å². The van der Waals surface area contributed by atoms with E-state index in [0.29, 0.717) is 18.1 Å². The van der Waals surface area contributed by atoms with Gasteiger partial charge >= 0.3 is 0 Å². The number of aryl methyl sites for hydroxylation is 2. The summed E-state index contributed by atoms with van der Waals surface area (Å²) in [7, 11) is 0. The van der Waals surface area contributed by atoms with Crippen LogP contribution in [0.15, 0.2) is 35.1 Å². The standard InChI is InChI=1S/C15H19N3O/c1-4-13-17-14(9-15(19)18-13)16-11(3)12-8-6-5-7-10(12)2/h5-9,11H,4H2,1-3H3,(H2,16,17,18,19). The Balaban J connectivity index is 2.24. The fourth-order valence-corrected chi connectivity index (χ4v) is 2.12. The lowest BCUT2D eigenvalue weighted by atomic mass is 10.0. The molecule has 0 fully saturated rings. The minimum absolute atomic E-state index is 0.111. The van der Waals surface area contributed by atoms with E-state index in [9.17, 15) is 4.79 Å². The second-order valence-corrected chi connectivity index (χ2v) is 4.65. The first-order chi connectivity index (χ1) is 9.10. The zero-order chi connectivity index (χ0) is 13.8. The molecule has 0 saturated heterocycles. The van der Waals surface area contributed by atoms with Crippen LogP contribution in [0.2, 0.25) is 0 Å². The van der Waals surface area contributed by atoms with Crippen molar-refractivity contribution in [1.82, 2.24) is 9.97 Å². The summed E-state index contributed by atoms with van der Waals surface area (Å²) in [5, 5.41) is 3.28. The molecule has 0 spiro atoms. The summed E-state index contributed by atoms with van der Waals surface area (Å²) in [6.45, 7) is 6.11. The molecule has 1 aromatic heterocycles. The van der Waals surface area contributed by atoms with Crippen LogP contribution in [-0.4, -0.2) is 9.97 Å². The van der Waals surface area contributed by atoms with Crippen molar-refractivity contribution in [1.29, 1.82) is 0 Å². The van der Waals surface area contributed by atoms with Crippen molar-refractivity contribution in [2.24, 2.45) is 0 Å². The number of aromatic nitrogens is 2. The van der Waals surface area contributed by atoms with E-state index in [0.717, 1.165) is 0 Å². The lowest BCUT2D eigenvalue weighted by Gasteiger charge is -2.17. The van der Waals surface area contributed by atoms with Crippen LogP contribution in [0.25, 0.3) is 0 Å². The first kappa shape index (κ1) is 13.3. The number of rotatable bonds is 4. The largest absolute Gasteiger partial charge is 0.363 e. The number of anilines is 1. The first-order valence-electron chi connectivity index (χ1n) is 6.52. The third kappa shape index (κ3) is 3.22. The maximum absolute atomic E-state index is 11.5. The SMILES string of the molecule is CCc1nc(NC(C)c2ccccc2C)cc(=O)[nH]1. The van der Waals surface area contributed by atoms with Crippen molar-refractivity contribution in [2.45, 2.75) is 33.2 Å². The van der Waals surface area contributed by atoms with Gasteiger partial charge in [0, 0.05) is 12.5 Å². The smallest absolute Gasteiger partial charge is 0.252 e. The summed E-state index contributed by atoms with van der Waals surface area (Å²) in [6, 6.07) is 9.81. The van der Waals surface area contributed by atoms with Gasteiger partial charge < -0.3 is 10.3 Å². The topological polar surface area (TPSA) is 57.8 Å². The molecule has 1 heterocycles. The lowest BCUT2D eigenvalue weighted by Crippen LogP contribution is -2.15. The molecule has 0 aliphatic carbocycles. The van der Waals surface area contributed by atoms with Gasteiger partial charge in [-0.05, 0) is 25.0 Å². The lowest BCUT2D eigenvalue weighted by molar-refractivity contribution is 0.845. The summed E-state index contributed by atoms with van der Waals surface area (Å²) in [6.07, 6.45) is 0.712. The van der Waals surface area contributed by atoms with Crippen molar-refractivity contribution < 1.29 is 0 Å². The van der Waals surface area contributed by atoms with E-state index in [1.165, 1.54) is 17.2 Å². The maximum Gasteiger partial charge on any atom is 0.252 e. The predicted octanol–water partition coefficient (Wildman–Crippen LogP) is 2.81. The highest BCUT2D eigenvalue weighted by Gasteiger charge is 2.09. The van der Waals surface area contributed by atoms with E-state index in [1.54, 1.807) is 0 Å². The first-order valence-corrected chi connectivity index (χ1v) is 6.52. The fraction of sp³-hybridized carbons (Fsp3) is 0.333. The van der Waals surface area contributed by atoms with Crippen LogP contribution in [0.3, 0.4) is 0 Å². The fourth-order valence-electron chi connectivity index (χ4n) is 2.12. The Morgan fingerprint density at radius 3 is 2.79 bits per heavy atom. The Morgan fingerprint density at radius 2 is 2.11 bits per heavy atom. The number of hydrogen-bond acceptors (Lipinski definition) is 3. The second-order valence-electron chi connectivity index (χ2n) is 4.65. The Bertz CT molecular complexity index is 619. The molecule has 4 heteroatoms. The van der Waals surface area contributed by atoms with Gasteiger partial charge in [0.15, 0.2) is 0 Å². The van der Waals surface area contributed by atoms with Crippen molar-refractivity contribution in [2.75, 3.05) is 5.32 Å². The third-order valence-corrected chi connectivity index (χ3v) is 3.14. The molecule has 19 heavy (non-hydrogen) atoms. The van der Waals surface area contributed by atoms with Crippen molar-refractivity contribution in [3.63, 3.8) is 0 Å². The molecular formula is C15H19N3O. The molecular weight excluding hydrogens is 238 g/mol. The molecule has 100 valence electrons. The molecule has 0 aliphatic heterocycles. The van der Waals surface area contributed by atoms with Gasteiger partial charge in [0.25, 0.3) is 5.56 Å². The van der Waals surface area contributed by atoms with Gasteiger partial charge in [-0.1, -0.05) is 31.2 Å². The average molecular weight is 257 g/mol. The molecule has 0 bridgehead atoms. The highest BCUT2D eigenvalue weighted by Crippen LogP contribution is 2.20. The van der Waals surface area contributed by atoms with E-state index in [-0.39, 0.29) is 11.6 Å². The Kier molecular flexibility index (Phi) is 4.00. The number of aromatic amines is 1. The number of benzene rings is 1. The van der Waals surface area contributed by atoms with Gasteiger partial charge in [0.05, 0.1) is 6.04 Å². The summed E-state index contributed by atoms with van der Waals surface area (Å²) in [4.78, 5) is 18.6. The number of hydrogen-bond donors (Lipinski definition) is 2. The Hall–Kier alpha value is -2.10. The van der Waals surface area contributed by atoms with E-state index in [4.69, 9.17) is 0 Å².